The summed E-state index contributed by atoms with van der Waals surface area (Å²) in [6.07, 6.45) is 0.695. The molecule has 7 heteroatoms. The van der Waals surface area contributed by atoms with E-state index in [0.717, 1.165) is 11.1 Å². The molecule has 0 aromatic heterocycles. The van der Waals surface area contributed by atoms with Gasteiger partial charge in [-0.2, -0.15) is 0 Å². The fraction of sp³-hybridized carbons (Fsp3) is 0.174. The van der Waals surface area contributed by atoms with E-state index in [9.17, 15) is 13.2 Å². The maximum Gasteiger partial charge on any atom is 0.261 e. The minimum Gasteiger partial charge on any atom is -0.495 e. The van der Waals surface area contributed by atoms with Crippen LogP contribution in [-0.4, -0.2) is 21.4 Å². The van der Waals surface area contributed by atoms with Gasteiger partial charge in [0.2, 0.25) is 0 Å². The summed E-state index contributed by atoms with van der Waals surface area (Å²) in [5, 5.41) is 2.73. The third-order valence-corrected chi connectivity index (χ3v) is 6.09. The van der Waals surface area contributed by atoms with Crippen molar-refractivity contribution in [3.05, 3.63) is 83.4 Å². The molecule has 0 aliphatic rings. The number of rotatable bonds is 7. The minimum absolute atomic E-state index is 0.0250. The van der Waals surface area contributed by atoms with Crippen molar-refractivity contribution in [2.75, 3.05) is 17.1 Å². The largest absolute Gasteiger partial charge is 0.495 e. The number of nitrogens with one attached hydrogen (secondary N) is 2. The first-order chi connectivity index (χ1) is 14.4. The van der Waals surface area contributed by atoms with Crippen molar-refractivity contribution in [2.45, 2.75) is 25.2 Å². The molecule has 0 unspecified atom stereocenters. The molecule has 30 heavy (non-hydrogen) atoms. The first-order valence-electron chi connectivity index (χ1n) is 9.51. The lowest BCUT2D eigenvalue weighted by atomic mass is 10.1. The van der Waals surface area contributed by atoms with Crippen LogP contribution < -0.4 is 14.8 Å². The van der Waals surface area contributed by atoms with Crippen molar-refractivity contribution in [3.63, 3.8) is 0 Å². The smallest absolute Gasteiger partial charge is 0.261 e. The number of sulfonamides is 1. The lowest BCUT2D eigenvalue weighted by molar-refractivity contribution is 0.102. The van der Waals surface area contributed by atoms with Crippen molar-refractivity contribution in [1.82, 2.24) is 0 Å². The number of carbonyl (C=O) groups excluding carboxylic acids is 1. The molecule has 2 N–H and O–H groups in total. The van der Waals surface area contributed by atoms with Gasteiger partial charge in [0.1, 0.15) is 5.75 Å². The minimum atomic E-state index is -3.87. The maximum atomic E-state index is 13.1. The van der Waals surface area contributed by atoms with Crippen LogP contribution in [0.4, 0.5) is 11.4 Å². The van der Waals surface area contributed by atoms with Crippen molar-refractivity contribution >= 4 is 27.3 Å². The van der Waals surface area contributed by atoms with Crippen molar-refractivity contribution in [1.29, 1.82) is 0 Å². The van der Waals surface area contributed by atoms with E-state index in [1.54, 1.807) is 24.3 Å². The Morgan fingerprint density at radius 2 is 1.73 bits per heavy atom. The van der Waals surface area contributed by atoms with Crippen molar-refractivity contribution < 1.29 is 17.9 Å². The van der Waals surface area contributed by atoms with E-state index in [1.165, 1.54) is 25.3 Å². The van der Waals surface area contributed by atoms with Gasteiger partial charge >= 0.3 is 0 Å². The zero-order valence-corrected chi connectivity index (χ0v) is 17.9. The average Bonchev–Trinajstić information content (AvgIpc) is 2.75. The highest BCUT2D eigenvalue weighted by Crippen LogP contribution is 2.30. The predicted octanol–water partition coefficient (Wildman–Crippen LogP) is 4.62. The van der Waals surface area contributed by atoms with E-state index in [-0.39, 0.29) is 16.5 Å². The number of carbonyl (C=O) groups is 1. The Morgan fingerprint density at radius 1 is 1.00 bits per heavy atom. The normalized spacial score (nSPS) is 11.0. The molecular formula is C23H24N2O4S. The summed E-state index contributed by atoms with van der Waals surface area (Å²) in [5.41, 5.74) is 3.05. The van der Waals surface area contributed by atoms with Crippen LogP contribution >= 0.6 is 0 Å². The number of anilines is 2. The number of hydrogen-bond donors (Lipinski definition) is 2. The highest BCUT2D eigenvalue weighted by atomic mass is 32.2. The zero-order chi connectivity index (χ0) is 21.7. The van der Waals surface area contributed by atoms with Crippen molar-refractivity contribution in [3.8, 4) is 5.75 Å². The third kappa shape index (κ3) is 4.63. The molecular weight excluding hydrogens is 400 g/mol. The van der Waals surface area contributed by atoms with Crippen LogP contribution in [0.5, 0.6) is 5.75 Å². The van der Waals surface area contributed by atoms with Gasteiger partial charge in [-0.1, -0.05) is 43.3 Å². The monoisotopic (exact) mass is 424 g/mol. The molecule has 6 nitrogen and oxygen atoms in total. The van der Waals surface area contributed by atoms with Gasteiger partial charge in [0.25, 0.3) is 15.9 Å². The maximum absolute atomic E-state index is 13.1. The van der Waals surface area contributed by atoms with Gasteiger partial charge in [0.15, 0.2) is 0 Å². The summed E-state index contributed by atoms with van der Waals surface area (Å²) < 4.78 is 34.1. The fourth-order valence-electron chi connectivity index (χ4n) is 3.10. The molecule has 0 radical (unpaired) electrons. The summed E-state index contributed by atoms with van der Waals surface area (Å²) in [7, 11) is -2.41. The molecule has 3 aromatic rings. The number of methoxy groups -OCH3 is 1. The summed E-state index contributed by atoms with van der Waals surface area (Å²) in [5.74, 6) is 0.00644. The van der Waals surface area contributed by atoms with Gasteiger partial charge in [-0.25, -0.2) is 8.42 Å². The standard InChI is InChI=1S/C23H24N2O4S/c1-4-17-12-8-9-16(2)22(17)25-30(27,28)19-13-14-21(29-3)20(15-19)24-23(26)18-10-6-5-7-11-18/h5-15,25H,4H2,1-3H3,(H,24,26). The Balaban J connectivity index is 1.95. The van der Waals surface area contributed by atoms with Crippen LogP contribution in [0.2, 0.25) is 0 Å². The number of amides is 1. The molecule has 0 heterocycles. The number of aryl methyl sites for hydroxylation is 2. The Kier molecular flexibility index (Phi) is 6.42. The SMILES string of the molecule is CCc1cccc(C)c1NS(=O)(=O)c1ccc(OC)c(NC(=O)c2ccccc2)c1. The lowest BCUT2D eigenvalue weighted by Crippen LogP contribution is -2.17. The van der Waals surface area contributed by atoms with Crippen LogP contribution in [0.15, 0.2) is 71.6 Å². The topological polar surface area (TPSA) is 84.5 Å². The number of benzene rings is 3. The molecule has 1 amide bonds. The molecule has 0 fully saturated rings. The number of para-hydroxylation sites is 1. The summed E-state index contributed by atoms with van der Waals surface area (Å²) in [6, 6.07) is 18.7. The average molecular weight is 425 g/mol. The summed E-state index contributed by atoms with van der Waals surface area (Å²) >= 11 is 0. The van der Waals surface area contributed by atoms with E-state index < -0.39 is 10.0 Å². The number of hydrogen-bond acceptors (Lipinski definition) is 4. The molecule has 156 valence electrons. The highest BCUT2D eigenvalue weighted by molar-refractivity contribution is 7.92. The van der Waals surface area contributed by atoms with E-state index in [4.69, 9.17) is 4.74 Å². The van der Waals surface area contributed by atoms with Gasteiger partial charge in [-0.15, -0.1) is 0 Å². The first kappa shape index (κ1) is 21.4. The second-order valence-corrected chi connectivity index (χ2v) is 8.43. The lowest BCUT2D eigenvalue weighted by Gasteiger charge is -2.16. The third-order valence-electron chi connectivity index (χ3n) is 4.74. The Hall–Kier alpha value is -3.32. The molecule has 0 saturated heterocycles. The van der Waals surface area contributed by atoms with Crippen LogP contribution in [0, 0.1) is 6.92 Å². The van der Waals surface area contributed by atoms with Gasteiger partial charge in [0, 0.05) is 5.56 Å². The van der Waals surface area contributed by atoms with Crippen molar-refractivity contribution in [2.24, 2.45) is 0 Å². The van der Waals surface area contributed by atoms with E-state index >= 15 is 0 Å². The molecule has 0 bridgehead atoms. The molecule has 0 aliphatic carbocycles. The van der Waals surface area contributed by atoms with Crippen LogP contribution in [0.25, 0.3) is 0 Å². The predicted molar refractivity (Wildman–Crippen MR) is 119 cm³/mol. The fourth-order valence-corrected chi connectivity index (χ4v) is 4.30. The van der Waals surface area contributed by atoms with Gasteiger partial charge in [-0.3, -0.25) is 9.52 Å². The van der Waals surface area contributed by atoms with Crippen LogP contribution in [-0.2, 0) is 16.4 Å². The molecule has 3 rings (SSSR count). The molecule has 3 aromatic carbocycles. The summed E-state index contributed by atoms with van der Waals surface area (Å²) in [4.78, 5) is 12.6. The zero-order valence-electron chi connectivity index (χ0n) is 17.1. The highest BCUT2D eigenvalue weighted by Gasteiger charge is 2.20. The van der Waals surface area contributed by atoms with Gasteiger partial charge in [0.05, 0.1) is 23.4 Å². The van der Waals surface area contributed by atoms with Gasteiger partial charge < -0.3 is 10.1 Å². The van der Waals surface area contributed by atoms with E-state index in [1.807, 2.05) is 38.1 Å². The van der Waals surface area contributed by atoms with Gasteiger partial charge in [-0.05, 0) is 54.8 Å². The second kappa shape index (κ2) is 9.00. The van der Waals surface area contributed by atoms with E-state index in [0.29, 0.717) is 23.4 Å². The molecule has 0 aliphatic heterocycles. The molecule has 0 atom stereocenters. The first-order valence-corrected chi connectivity index (χ1v) is 11.0. The Bertz CT molecular complexity index is 1160. The van der Waals surface area contributed by atoms with E-state index in [2.05, 4.69) is 10.0 Å². The Morgan fingerprint density at radius 3 is 2.40 bits per heavy atom. The summed E-state index contributed by atoms with van der Waals surface area (Å²) in [6.45, 7) is 3.83. The second-order valence-electron chi connectivity index (χ2n) is 6.75. The quantitative estimate of drug-likeness (QED) is 0.580. The molecule has 0 spiro atoms. The Labute approximate surface area is 177 Å². The van der Waals surface area contributed by atoms with Crippen LogP contribution in [0.3, 0.4) is 0 Å². The number of ether oxygens (including phenoxy) is 1. The molecule has 0 saturated carbocycles. The van der Waals surface area contributed by atoms with Crippen LogP contribution in [0.1, 0.15) is 28.4 Å².